The van der Waals surface area contributed by atoms with E-state index in [0.717, 1.165) is 29.3 Å². The second-order valence-electron chi connectivity index (χ2n) is 5.72. The molecular formula is C15H19ClINO2. The predicted molar refractivity (Wildman–Crippen MR) is 89.1 cm³/mol. The second kappa shape index (κ2) is 6.62. The Morgan fingerprint density at radius 1 is 1.50 bits per heavy atom. The number of amides is 1. The molecule has 1 aliphatic carbocycles. The topological polar surface area (TPSA) is 49.3 Å². The molecule has 3 nitrogen and oxygen atoms in total. The van der Waals surface area contributed by atoms with Gasteiger partial charge >= 0.3 is 0 Å². The lowest BCUT2D eigenvalue weighted by atomic mass is 9.79. The lowest BCUT2D eigenvalue weighted by Crippen LogP contribution is -2.45. The summed E-state index contributed by atoms with van der Waals surface area (Å²) in [6.07, 6.45) is 3.53. The highest BCUT2D eigenvalue weighted by Gasteiger charge is 2.32. The van der Waals surface area contributed by atoms with E-state index in [1.165, 1.54) is 0 Å². The number of hydrogen-bond acceptors (Lipinski definition) is 2. The maximum Gasteiger partial charge on any atom is 0.251 e. The molecule has 0 saturated heterocycles. The average molecular weight is 408 g/mol. The number of hydrogen-bond donors (Lipinski definition) is 2. The molecule has 0 heterocycles. The minimum Gasteiger partial charge on any atom is -0.388 e. The Morgan fingerprint density at radius 2 is 2.15 bits per heavy atom. The minimum absolute atomic E-state index is 0.185. The van der Waals surface area contributed by atoms with Gasteiger partial charge in [-0.2, -0.15) is 0 Å². The van der Waals surface area contributed by atoms with Gasteiger partial charge in [-0.05, 0) is 72.4 Å². The zero-order chi connectivity index (χ0) is 14.8. The van der Waals surface area contributed by atoms with E-state index in [4.69, 9.17) is 11.6 Å². The highest BCUT2D eigenvalue weighted by atomic mass is 127. The Bertz CT molecular complexity index is 499. The average Bonchev–Trinajstić information content (AvgIpc) is 2.43. The minimum atomic E-state index is -0.755. The van der Waals surface area contributed by atoms with Gasteiger partial charge in [0.2, 0.25) is 0 Å². The van der Waals surface area contributed by atoms with Crippen LogP contribution in [0.15, 0.2) is 18.2 Å². The van der Waals surface area contributed by atoms with E-state index >= 15 is 0 Å². The van der Waals surface area contributed by atoms with Gasteiger partial charge in [0.15, 0.2) is 0 Å². The molecular weight excluding hydrogens is 389 g/mol. The van der Waals surface area contributed by atoms with E-state index in [1.807, 2.05) is 6.07 Å². The fourth-order valence-electron chi connectivity index (χ4n) is 2.46. The van der Waals surface area contributed by atoms with E-state index in [1.54, 1.807) is 12.1 Å². The van der Waals surface area contributed by atoms with Crippen LogP contribution < -0.4 is 5.32 Å². The number of aliphatic hydroxyl groups is 1. The Labute approximate surface area is 138 Å². The van der Waals surface area contributed by atoms with Crippen molar-refractivity contribution in [3.63, 3.8) is 0 Å². The van der Waals surface area contributed by atoms with Gasteiger partial charge in [0.25, 0.3) is 5.91 Å². The fraction of sp³-hybridized carbons (Fsp3) is 0.533. The molecule has 1 saturated carbocycles. The summed E-state index contributed by atoms with van der Waals surface area (Å²) in [5.74, 6) is 0.483. The van der Waals surface area contributed by atoms with Gasteiger partial charge in [-0.1, -0.05) is 18.5 Å². The largest absolute Gasteiger partial charge is 0.388 e. The van der Waals surface area contributed by atoms with Gasteiger partial charge in [-0.25, -0.2) is 0 Å². The van der Waals surface area contributed by atoms with Crippen LogP contribution in [0.1, 0.15) is 43.0 Å². The van der Waals surface area contributed by atoms with Crippen molar-refractivity contribution in [2.24, 2.45) is 5.92 Å². The van der Waals surface area contributed by atoms with Gasteiger partial charge < -0.3 is 10.4 Å². The highest BCUT2D eigenvalue weighted by molar-refractivity contribution is 14.1. The summed E-state index contributed by atoms with van der Waals surface area (Å²) in [6.45, 7) is 2.51. The Kier molecular flexibility index (Phi) is 5.31. The third-order valence-corrected chi connectivity index (χ3v) is 5.54. The molecule has 1 aromatic carbocycles. The Morgan fingerprint density at radius 3 is 2.75 bits per heavy atom. The summed E-state index contributed by atoms with van der Waals surface area (Å²) in [7, 11) is 0. The van der Waals surface area contributed by atoms with Crippen LogP contribution in [-0.4, -0.2) is 23.2 Å². The van der Waals surface area contributed by atoms with Crippen molar-refractivity contribution in [2.75, 3.05) is 6.54 Å². The smallest absolute Gasteiger partial charge is 0.251 e. The molecule has 1 fully saturated rings. The van der Waals surface area contributed by atoms with Crippen molar-refractivity contribution < 1.29 is 9.90 Å². The van der Waals surface area contributed by atoms with Gasteiger partial charge in [-0.3, -0.25) is 4.79 Å². The molecule has 0 spiro atoms. The number of carbonyl (C=O) groups excluding carboxylic acids is 1. The third kappa shape index (κ3) is 4.09. The Balaban J connectivity index is 1.93. The molecule has 20 heavy (non-hydrogen) atoms. The first kappa shape index (κ1) is 16.0. The van der Waals surface area contributed by atoms with Crippen LogP contribution in [0.4, 0.5) is 0 Å². The van der Waals surface area contributed by atoms with Crippen LogP contribution in [0.2, 0.25) is 5.02 Å². The van der Waals surface area contributed by atoms with Crippen LogP contribution in [0.3, 0.4) is 0 Å². The first-order valence-corrected chi connectivity index (χ1v) is 8.31. The van der Waals surface area contributed by atoms with E-state index < -0.39 is 5.60 Å². The fourth-order valence-corrected chi connectivity index (χ4v) is 2.98. The summed E-state index contributed by atoms with van der Waals surface area (Å²) in [5.41, 5.74) is -0.224. The maximum absolute atomic E-state index is 12.1. The van der Waals surface area contributed by atoms with Crippen molar-refractivity contribution in [1.29, 1.82) is 0 Å². The third-order valence-electron chi connectivity index (χ3n) is 3.96. The highest BCUT2D eigenvalue weighted by Crippen LogP contribution is 2.31. The number of halogens is 2. The van der Waals surface area contributed by atoms with Crippen molar-refractivity contribution in [2.45, 2.75) is 38.2 Å². The normalized spacial score (nSPS) is 26.3. The lowest BCUT2D eigenvalue weighted by molar-refractivity contribution is -0.00539. The molecule has 0 aromatic heterocycles. The SMILES string of the molecule is CC1CCC(O)(CNC(=O)c2ccc(I)c(Cl)c2)CC1. The number of nitrogens with one attached hydrogen (secondary N) is 1. The van der Waals surface area contributed by atoms with Gasteiger partial charge in [0.1, 0.15) is 0 Å². The molecule has 1 aromatic rings. The molecule has 110 valence electrons. The molecule has 0 atom stereocenters. The van der Waals surface area contributed by atoms with Gasteiger partial charge in [-0.15, -0.1) is 0 Å². The van der Waals surface area contributed by atoms with Crippen LogP contribution in [0.25, 0.3) is 0 Å². The number of carbonyl (C=O) groups is 1. The van der Waals surface area contributed by atoms with Crippen LogP contribution >= 0.6 is 34.2 Å². The van der Waals surface area contributed by atoms with Crippen LogP contribution in [0.5, 0.6) is 0 Å². The van der Waals surface area contributed by atoms with Gasteiger partial charge in [0.05, 0.1) is 10.6 Å². The lowest BCUT2D eigenvalue weighted by Gasteiger charge is -2.34. The molecule has 2 N–H and O–H groups in total. The summed E-state index contributed by atoms with van der Waals surface area (Å²) < 4.78 is 0.917. The summed E-state index contributed by atoms with van der Waals surface area (Å²) >= 11 is 8.13. The zero-order valence-corrected chi connectivity index (χ0v) is 14.4. The quantitative estimate of drug-likeness (QED) is 0.752. The zero-order valence-electron chi connectivity index (χ0n) is 11.5. The molecule has 0 unspecified atom stereocenters. The Hall–Kier alpha value is -0.330. The molecule has 0 radical (unpaired) electrons. The maximum atomic E-state index is 12.1. The van der Waals surface area contributed by atoms with Crippen molar-refractivity contribution in [1.82, 2.24) is 5.32 Å². The standard InChI is InChI=1S/C15H19ClINO2/c1-10-4-6-15(20,7-5-10)9-18-14(19)11-2-3-13(17)12(16)8-11/h2-3,8,10,20H,4-7,9H2,1H3,(H,18,19). The first-order valence-electron chi connectivity index (χ1n) is 6.85. The number of benzene rings is 1. The van der Waals surface area contributed by atoms with E-state index in [2.05, 4.69) is 34.8 Å². The predicted octanol–water partition coefficient (Wildman–Crippen LogP) is 3.62. The molecule has 1 aliphatic rings. The van der Waals surface area contributed by atoms with Gasteiger partial charge in [0, 0.05) is 15.7 Å². The van der Waals surface area contributed by atoms with Crippen LogP contribution in [0, 0.1) is 9.49 Å². The monoisotopic (exact) mass is 407 g/mol. The number of rotatable bonds is 3. The molecule has 5 heteroatoms. The van der Waals surface area contributed by atoms with E-state index in [0.29, 0.717) is 23.0 Å². The molecule has 1 amide bonds. The molecule has 0 bridgehead atoms. The molecule has 2 rings (SSSR count). The van der Waals surface area contributed by atoms with Crippen molar-refractivity contribution >= 4 is 40.1 Å². The van der Waals surface area contributed by atoms with E-state index in [9.17, 15) is 9.90 Å². The summed E-state index contributed by atoms with van der Waals surface area (Å²) in [4.78, 5) is 12.1. The first-order chi connectivity index (χ1) is 9.39. The van der Waals surface area contributed by atoms with Crippen LogP contribution in [-0.2, 0) is 0 Å². The second-order valence-corrected chi connectivity index (χ2v) is 7.29. The van der Waals surface area contributed by atoms with E-state index in [-0.39, 0.29) is 5.91 Å². The summed E-state index contributed by atoms with van der Waals surface area (Å²) in [5, 5.41) is 13.8. The summed E-state index contributed by atoms with van der Waals surface area (Å²) in [6, 6.07) is 5.22. The molecule has 0 aliphatic heterocycles. The van der Waals surface area contributed by atoms with Crippen molar-refractivity contribution in [3.05, 3.63) is 32.4 Å². The van der Waals surface area contributed by atoms with Crippen molar-refractivity contribution in [3.8, 4) is 0 Å².